The lowest BCUT2D eigenvalue weighted by molar-refractivity contribution is -0.148. The number of para-hydroxylation sites is 1. The summed E-state index contributed by atoms with van der Waals surface area (Å²) >= 11 is 0. The van der Waals surface area contributed by atoms with E-state index in [1.165, 1.54) is 0 Å². The molecule has 27 heavy (non-hydrogen) atoms. The normalized spacial score (nSPS) is 19.1. The van der Waals surface area contributed by atoms with Crippen LogP contribution in [0.5, 0.6) is 0 Å². The molecule has 138 valence electrons. The monoisotopic (exact) mass is 370 g/mol. The van der Waals surface area contributed by atoms with Crippen molar-refractivity contribution in [2.45, 2.75) is 25.4 Å². The molecule has 0 spiro atoms. The highest BCUT2D eigenvalue weighted by atomic mass is 19.4. The van der Waals surface area contributed by atoms with Gasteiger partial charge in [-0.25, -0.2) is 0 Å². The predicted molar refractivity (Wildman–Crippen MR) is 97.8 cm³/mol. The Morgan fingerprint density at radius 2 is 1.93 bits per heavy atom. The van der Waals surface area contributed by atoms with Crippen LogP contribution in [0.4, 0.5) is 18.9 Å². The second kappa shape index (κ2) is 6.37. The molecule has 0 aliphatic heterocycles. The summed E-state index contributed by atoms with van der Waals surface area (Å²) in [4.78, 5) is 16.9. The van der Waals surface area contributed by atoms with E-state index in [-0.39, 0.29) is 12.3 Å². The molecule has 2 atom stereocenters. The Labute approximate surface area is 154 Å². The molecule has 1 saturated carbocycles. The summed E-state index contributed by atoms with van der Waals surface area (Å²) in [6, 6.07) is 14.3. The molecule has 3 nitrogen and oxygen atoms in total. The van der Waals surface area contributed by atoms with Gasteiger partial charge in [-0.1, -0.05) is 30.3 Å². The van der Waals surface area contributed by atoms with E-state index in [2.05, 4.69) is 10.3 Å². The number of benzene rings is 2. The molecule has 1 amide bonds. The van der Waals surface area contributed by atoms with Crippen molar-refractivity contribution >= 4 is 22.5 Å². The van der Waals surface area contributed by atoms with Gasteiger partial charge in [0.05, 0.1) is 23.3 Å². The molecule has 1 N–H and O–H groups in total. The topological polar surface area (TPSA) is 42.0 Å². The lowest BCUT2D eigenvalue weighted by atomic mass is 10.0. The third-order valence-electron chi connectivity index (χ3n) is 4.98. The zero-order valence-corrected chi connectivity index (χ0v) is 14.5. The third-order valence-corrected chi connectivity index (χ3v) is 4.98. The molecule has 1 fully saturated rings. The number of aromatic nitrogens is 1. The molecule has 1 aromatic heterocycles. The maximum absolute atomic E-state index is 12.8. The van der Waals surface area contributed by atoms with Crippen molar-refractivity contribution < 1.29 is 18.0 Å². The molecular weight excluding hydrogens is 353 g/mol. The lowest BCUT2D eigenvalue weighted by Crippen LogP contribution is -2.14. The average Bonchev–Trinajstić information content (AvgIpc) is 3.42. The van der Waals surface area contributed by atoms with Crippen molar-refractivity contribution in [3.05, 3.63) is 71.4 Å². The molecular formula is C21H17F3N2O. The van der Waals surface area contributed by atoms with E-state index in [4.69, 9.17) is 0 Å². The summed E-state index contributed by atoms with van der Waals surface area (Å²) in [7, 11) is 0. The van der Waals surface area contributed by atoms with E-state index < -0.39 is 18.0 Å². The van der Waals surface area contributed by atoms with E-state index in [0.29, 0.717) is 22.4 Å². The first-order valence-electron chi connectivity index (χ1n) is 8.66. The summed E-state index contributed by atoms with van der Waals surface area (Å²) in [5.74, 6) is -2.06. The van der Waals surface area contributed by atoms with Gasteiger partial charge in [0.25, 0.3) is 5.91 Å². The average molecular weight is 370 g/mol. The van der Waals surface area contributed by atoms with Gasteiger partial charge < -0.3 is 5.32 Å². The van der Waals surface area contributed by atoms with Crippen molar-refractivity contribution in [1.82, 2.24) is 4.98 Å². The number of halogens is 3. The molecule has 0 bridgehead atoms. The number of hydrogen-bond donors (Lipinski definition) is 1. The molecule has 1 heterocycles. The molecule has 0 radical (unpaired) electrons. The summed E-state index contributed by atoms with van der Waals surface area (Å²) in [5, 5.41) is 3.72. The number of amides is 1. The summed E-state index contributed by atoms with van der Waals surface area (Å²) in [6.45, 7) is 1.74. The van der Waals surface area contributed by atoms with Crippen LogP contribution in [0.1, 0.15) is 33.8 Å². The Kier molecular flexibility index (Phi) is 4.13. The van der Waals surface area contributed by atoms with Crippen LogP contribution in [0.25, 0.3) is 10.9 Å². The number of rotatable bonds is 3. The van der Waals surface area contributed by atoms with Crippen LogP contribution in [0.2, 0.25) is 0 Å². The second-order valence-electron chi connectivity index (χ2n) is 6.94. The van der Waals surface area contributed by atoms with Gasteiger partial charge in [-0.2, -0.15) is 13.2 Å². The number of carbonyl (C=O) groups is 1. The third kappa shape index (κ3) is 3.52. The number of carbonyl (C=O) groups excluding carboxylic acids is 1. The predicted octanol–water partition coefficient (Wildman–Crippen LogP) is 5.46. The fourth-order valence-electron chi connectivity index (χ4n) is 3.44. The van der Waals surface area contributed by atoms with E-state index in [1.54, 1.807) is 31.3 Å². The first-order valence-corrected chi connectivity index (χ1v) is 8.66. The van der Waals surface area contributed by atoms with E-state index in [9.17, 15) is 18.0 Å². The number of hydrogen-bond acceptors (Lipinski definition) is 2. The van der Waals surface area contributed by atoms with Gasteiger partial charge in [0.15, 0.2) is 0 Å². The highest BCUT2D eigenvalue weighted by molar-refractivity contribution is 6.05. The Balaban J connectivity index is 1.52. The molecule has 2 aromatic carbocycles. The fourth-order valence-corrected chi connectivity index (χ4v) is 3.44. The van der Waals surface area contributed by atoms with Crippen LogP contribution in [-0.2, 0) is 0 Å². The van der Waals surface area contributed by atoms with Crippen LogP contribution in [0, 0.1) is 12.8 Å². The summed E-state index contributed by atoms with van der Waals surface area (Å²) in [5.41, 5.74) is 3.14. The number of anilines is 1. The van der Waals surface area contributed by atoms with Gasteiger partial charge in [0.2, 0.25) is 0 Å². The Morgan fingerprint density at radius 3 is 2.63 bits per heavy atom. The number of alkyl halides is 3. The zero-order valence-electron chi connectivity index (χ0n) is 14.5. The number of nitrogens with one attached hydrogen (secondary N) is 1. The van der Waals surface area contributed by atoms with Gasteiger partial charge >= 0.3 is 6.18 Å². The Morgan fingerprint density at radius 1 is 1.15 bits per heavy atom. The van der Waals surface area contributed by atoms with Gasteiger partial charge in [-0.15, -0.1) is 0 Å². The lowest BCUT2D eigenvalue weighted by Gasteiger charge is -2.11. The van der Waals surface area contributed by atoms with Crippen LogP contribution >= 0.6 is 0 Å². The fraction of sp³-hybridized carbons (Fsp3) is 0.238. The number of pyridine rings is 1. The largest absolute Gasteiger partial charge is 0.392 e. The molecule has 6 heteroatoms. The first-order chi connectivity index (χ1) is 12.8. The minimum Gasteiger partial charge on any atom is -0.321 e. The van der Waals surface area contributed by atoms with E-state index in [1.807, 2.05) is 30.3 Å². The van der Waals surface area contributed by atoms with Gasteiger partial charge in [-0.3, -0.25) is 9.78 Å². The van der Waals surface area contributed by atoms with Crippen molar-refractivity contribution in [3.63, 3.8) is 0 Å². The van der Waals surface area contributed by atoms with Crippen LogP contribution in [-0.4, -0.2) is 17.1 Å². The molecule has 3 aromatic rings. The highest BCUT2D eigenvalue weighted by Crippen LogP contribution is 2.56. The minimum absolute atomic E-state index is 0.122. The van der Waals surface area contributed by atoms with Crippen LogP contribution < -0.4 is 5.32 Å². The Bertz CT molecular complexity index is 1030. The summed E-state index contributed by atoms with van der Waals surface area (Å²) in [6.07, 6.45) is -2.45. The van der Waals surface area contributed by atoms with E-state index in [0.717, 1.165) is 10.9 Å². The quantitative estimate of drug-likeness (QED) is 0.665. The Hall–Kier alpha value is -2.89. The SMILES string of the molecule is Cc1cc(C2CC2C(F)(F)F)ccc1C(=O)Nc1cnc2ccccc2c1. The van der Waals surface area contributed by atoms with Gasteiger partial charge in [0.1, 0.15) is 0 Å². The number of fused-ring (bicyclic) bond motifs is 1. The second-order valence-corrected chi connectivity index (χ2v) is 6.94. The van der Waals surface area contributed by atoms with Crippen LogP contribution in [0.3, 0.4) is 0 Å². The molecule has 4 rings (SSSR count). The zero-order chi connectivity index (χ0) is 19.2. The number of nitrogens with zero attached hydrogens (tertiary/aromatic N) is 1. The standard InChI is InChI=1S/C21H17F3N2O/c1-12-8-13(17-10-18(17)21(22,23)24)6-7-16(12)20(27)26-15-9-14-4-2-3-5-19(14)25-11-15/h2-9,11,17-18H,10H2,1H3,(H,26,27). The van der Waals surface area contributed by atoms with Crippen molar-refractivity contribution in [2.24, 2.45) is 5.92 Å². The molecule has 2 unspecified atom stereocenters. The molecule has 0 saturated heterocycles. The maximum atomic E-state index is 12.8. The first kappa shape index (κ1) is 17.5. The van der Waals surface area contributed by atoms with Crippen molar-refractivity contribution in [3.8, 4) is 0 Å². The van der Waals surface area contributed by atoms with Crippen molar-refractivity contribution in [2.75, 3.05) is 5.32 Å². The maximum Gasteiger partial charge on any atom is 0.392 e. The van der Waals surface area contributed by atoms with E-state index >= 15 is 0 Å². The number of aryl methyl sites for hydroxylation is 1. The highest BCUT2D eigenvalue weighted by Gasteiger charge is 2.56. The van der Waals surface area contributed by atoms with Crippen molar-refractivity contribution in [1.29, 1.82) is 0 Å². The smallest absolute Gasteiger partial charge is 0.321 e. The minimum atomic E-state index is -4.16. The summed E-state index contributed by atoms with van der Waals surface area (Å²) < 4.78 is 38.3. The molecule has 1 aliphatic rings. The van der Waals surface area contributed by atoms with Crippen LogP contribution in [0.15, 0.2) is 54.7 Å². The van der Waals surface area contributed by atoms with Gasteiger partial charge in [0, 0.05) is 10.9 Å². The molecule has 1 aliphatic carbocycles. The van der Waals surface area contributed by atoms with Gasteiger partial charge in [-0.05, 0) is 48.6 Å².